The summed E-state index contributed by atoms with van der Waals surface area (Å²) in [5.41, 5.74) is 0.917. The van der Waals surface area contributed by atoms with Crippen molar-refractivity contribution in [1.29, 1.82) is 0 Å². The Morgan fingerprint density at radius 3 is 2.18 bits per heavy atom. The van der Waals surface area contributed by atoms with E-state index in [1.54, 1.807) is 21.3 Å². The summed E-state index contributed by atoms with van der Waals surface area (Å²) in [6.07, 6.45) is -0.0502. The molecule has 0 radical (unpaired) electrons. The van der Waals surface area contributed by atoms with Crippen LogP contribution in [0, 0.1) is 0 Å². The third-order valence-electron chi connectivity index (χ3n) is 2.79. The average Bonchev–Trinajstić information content (AvgIpc) is 2.90. The lowest BCUT2D eigenvalue weighted by molar-refractivity contribution is 0.109. The summed E-state index contributed by atoms with van der Waals surface area (Å²) in [6.45, 7) is 1.29. The Bertz CT molecular complexity index is 363. The molecule has 0 aromatic heterocycles. The number of ether oxygens (including phenoxy) is 4. The van der Waals surface area contributed by atoms with Crippen LogP contribution in [-0.4, -0.2) is 34.6 Å². The smallest absolute Gasteiger partial charge is 0.132 e. The topological polar surface area (TPSA) is 49.0 Å². The Morgan fingerprint density at radius 1 is 1.12 bits per heavy atom. The molecule has 1 saturated heterocycles. The normalized spacial score (nSPS) is 19.1. The van der Waals surface area contributed by atoms with Crippen molar-refractivity contribution in [2.75, 3.05) is 34.6 Å². The van der Waals surface area contributed by atoms with E-state index in [1.807, 2.05) is 12.1 Å². The van der Waals surface area contributed by atoms with Gasteiger partial charge in [-0.1, -0.05) is 0 Å². The van der Waals surface area contributed by atoms with Crippen molar-refractivity contribution >= 4 is 0 Å². The molecule has 0 saturated carbocycles. The predicted octanol–water partition coefficient (Wildman–Crippen LogP) is 1.33. The van der Waals surface area contributed by atoms with Crippen LogP contribution in [0.3, 0.4) is 0 Å². The van der Waals surface area contributed by atoms with Crippen LogP contribution < -0.4 is 19.5 Å². The van der Waals surface area contributed by atoms with Gasteiger partial charge in [-0.25, -0.2) is 0 Å². The van der Waals surface area contributed by atoms with Crippen LogP contribution in [0.1, 0.15) is 11.7 Å². The molecule has 94 valence electrons. The average molecular weight is 239 g/mol. The van der Waals surface area contributed by atoms with Crippen LogP contribution >= 0.6 is 0 Å². The van der Waals surface area contributed by atoms with E-state index in [2.05, 4.69) is 5.32 Å². The molecular formula is C12H17NO4. The van der Waals surface area contributed by atoms with E-state index in [4.69, 9.17) is 18.9 Å². The number of methoxy groups -OCH3 is 3. The van der Waals surface area contributed by atoms with Crippen molar-refractivity contribution in [3.63, 3.8) is 0 Å². The second-order valence-corrected chi connectivity index (χ2v) is 3.70. The molecule has 1 aliphatic rings. The minimum Gasteiger partial charge on any atom is -0.496 e. The number of nitrogens with one attached hydrogen (secondary N) is 1. The van der Waals surface area contributed by atoms with Crippen LogP contribution in [0.5, 0.6) is 17.2 Å². The van der Waals surface area contributed by atoms with Crippen LogP contribution in [0.25, 0.3) is 0 Å². The summed E-state index contributed by atoms with van der Waals surface area (Å²) >= 11 is 0. The van der Waals surface area contributed by atoms with Gasteiger partial charge in [0.15, 0.2) is 0 Å². The largest absolute Gasteiger partial charge is 0.496 e. The minimum atomic E-state index is -0.0502. The molecule has 1 fully saturated rings. The molecule has 5 nitrogen and oxygen atoms in total. The third-order valence-corrected chi connectivity index (χ3v) is 2.79. The number of hydrogen-bond acceptors (Lipinski definition) is 5. The standard InChI is InChI=1S/C12H17NO4/c1-14-8-4-9(15-2)12(10(5-8)16-3)11-6-13-7-17-11/h4-5,11,13H,6-7H2,1-3H3. The number of rotatable bonds is 4. The molecule has 1 aromatic rings. The van der Waals surface area contributed by atoms with Gasteiger partial charge in [-0.15, -0.1) is 0 Å². The van der Waals surface area contributed by atoms with Gasteiger partial charge < -0.3 is 18.9 Å². The van der Waals surface area contributed by atoms with Crippen molar-refractivity contribution in [2.45, 2.75) is 6.10 Å². The molecule has 2 rings (SSSR count). The molecule has 0 spiro atoms. The van der Waals surface area contributed by atoms with Crippen LogP contribution in [-0.2, 0) is 4.74 Å². The first-order chi connectivity index (χ1) is 8.30. The third kappa shape index (κ3) is 2.30. The second-order valence-electron chi connectivity index (χ2n) is 3.70. The van der Waals surface area contributed by atoms with Gasteiger partial charge in [-0.05, 0) is 0 Å². The molecule has 1 atom stereocenters. The van der Waals surface area contributed by atoms with Crippen molar-refractivity contribution in [1.82, 2.24) is 5.32 Å². The molecule has 1 unspecified atom stereocenters. The molecule has 1 aliphatic heterocycles. The van der Waals surface area contributed by atoms with Crippen molar-refractivity contribution in [2.24, 2.45) is 0 Å². The Hall–Kier alpha value is -1.46. The van der Waals surface area contributed by atoms with Gasteiger partial charge in [0.25, 0.3) is 0 Å². The van der Waals surface area contributed by atoms with Crippen LogP contribution in [0.2, 0.25) is 0 Å². The first-order valence-corrected chi connectivity index (χ1v) is 5.42. The first-order valence-electron chi connectivity index (χ1n) is 5.42. The highest BCUT2D eigenvalue weighted by Crippen LogP contribution is 2.40. The lowest BCUT2D eigenvalue weighted by atomic mass is 10.1. The van der Waals surface area contributed by atoms with Gasteiger partial charge in [-0.2, -0.15) is 0 Å². The van der Waals surface area contributed by atoms with Crippen molar-refractivity contribution in [3.05, 3.63) is 17.7 Å². The van der Waals surface area contributed by atoms with E-state index in [-0.39, 0.29) is 6.10 Å². The van der Waals surface area contributed by atoms with Gasteiger partial charge in [-0.3, -0.25) is 5.32 Å². The van der Waals surface area contributed by atoms with E-state index >= 15 is 0 Å². The van der Waals surface area contributed by atoms with Crippen LogP contribution in [0.15, 0.2) is 12.1 Å². The molecule has 1 heterocycles. The fourth-order valence-corrected chi connectivity index (χ4v) is 1.94. The Morgan fingerprint density at radius 2 is 1.76 bits per heavy atom. The van der Waals surface area contributed by atoms with Gasteiger partial charge in [0, 0.05) is 18.7 Å². The summed E-state index contributed by atoms with van der Waals surface area (Å²) in [4.78, 5) is 0. The van der Waals surface area contributed by atoms with E-state index in [0.717, 1.165) is 23.6 Å². The quantitative estimate of drug-likeness (QED) is 0.859. The molecule has 17 heavy (non-hydrogen) atoms. The molecule has 0 bridgehead atoms. The number of benzene rings is 1. The van der Waals surface area contributed by atoms with E-state index in [0.29, 0.717) is 12.5 Å². The molecule has 1 N–H and O–H groups in total. The highest BCUT2D eigenvalue weighted by Gasteiger charge is 2.25. The summed E-state index contributed by atoms with van der Waals surface area (Å²) in [5.74, 6) is 2.14. The van der Waals surface area contributed by atoms with Gasteiger partial charge in [0.2, 0.25) is 0 Å². The summed E-state index contributed by atoms with van der Waals surface area (Å²) in [5, 5.41) is 3.14. The molecule has 1 aromatic carbocycles. The van der Waals surface area contributed by atoms with E-state index in [9.17, 15) is 0 Å². The van der Waals surface area contributed by atoms with Crippen molar-refractivity contribution < 1.29 is 18.9 Å². The maximum Gasteiger partial charge on any atom is 0.132 e. The highest BCUT2D eigenvalue weighted by molar-refractivity contribution is 5.52. The van der Waals surface area contributed by atoms with Crippen LogP contribution in [0.4, 0.5) is 0 Å². The zero-order valence-corrected chi connectivity index (χ0v) is 10.3. The Kier molecular flexibility index (Phi) is 3.71. The fraction of sp³-hybridized carbons (Fsp3) is 0.500. The van der Waals surface area contributed by atoms with Gasteiger partial charge in [0.1, 0.15) is 23.4 Å². The summed E-state index contributed by atoms with van der Waals surface area (Å²) in [7, 11) is 4.86. The monoisotopic (exact) mass is 239 g/mol. The fourth-order valence-electron chi connectivity index (χ4n) is 1.94. The Labute approximate surface area is 101 Å². The minimum absolute atomic E-state index is 0.0502. The maximum absolute atomic E-state index is 5.59. The first kappa shape index (κ1) is 12.0. The zero-order chi connectivity index (χ0) is 12.3. The highest BCUT2D eigenvalue weighted by atomic mass is 16.5. The Balaban J connectivity index is 2.45. The summed E-state index contributed by atoms with van der Waals surface area (Å²) < 4.78 is 21.5. The molecular weight excluding hydrogens is 222 g/mol. The van der Waals surface area contributed by atoms with Crippen molar-refractivity contribution in [3.8, 4) is 17.2 Å². The number of hydrogen-bond donors (Lipinski definition) is 1. The summed E-state index contributed by atoms with van der Waals surface area (Å²) in [6, 6.07) is 3.67. The van der Waals surface area contributed by atoms with Gasteiger partial charge in [0.05, 0.1) is 33.6 Å². The second kappa shape index (κ2) is 5.25. The zero-order valence-electron chi connectivity index (χ0n) is 10.3. The van der Waals surface area contributed by atoms with E-state index < -0.39 is 0 Å². The SMILES string of the molecule is COc1cc(OC)c(C2CNCO2)c(OC)c1. The van der Waals surface area contributed by atoms with Gasteiger partial charge >= 0.3 is 0 Å². The van der Waals surface area contributed by atoms with E-state index in [1.165, 1.54) is 0 Å². The molecule has 0 amide bonds. The molecule has 5 heteroatoms. The lowest BCUT2D eigenvalue weighted by Crippen LogP contribution is -2.10. The lowest BCUT2D eigenvalue weighted by Gasteiger charge is -2.18. The molecule has 0 aliphatic carbocycles. The maximum atomic E-state index is 5.59. The predicted molar refractivity (Wildman–Crippen MR) is 62.8 cm³/mol.